The van der Waals surface area contributed by atoms with Gasteiger partial charge in [-0.3, -0.25) is 9.59 Å². The van der Waals surface area contributed by atoms with Gasteiger partial charge < -0.3 is 20.1 Å². The zero-order valence-electron chi connectivity index (χ0n) is 20.8. The number of aryl methyl sites for hydroxylation is 2. The smallest absolute Gasteiger partial charge is 0.253 e. The van der Waals surface area contributed by atoms with E-state index in [1.165, 1.54) is 6.07 Å². The van der Waals surface area contributed by atoms with Crippen LogP contribution in [-0.2, 0) is 11.3 Å². The molecule has 1 fully saturated rings. The van der Waals surface area contributed by atoms with Crippen LogP contribution in [0.3, 0.4) is 0 Å². The Balaban J connectivity index is 1.46. The molecule has 1 aliphatic carbocycles. The molecule has 0 aliphatic heterocycles. The van der Waals surface area contributed by atoms with Gasteiger partial charge in [-0.05, 0) is 49.7 Å². The number of benzene rings is 3. The van der Waals surface area contributed by atoms with Gasteiger partial charge in [-0.1, -0.05) is 40.9 Å². The summed E-state index contributed by atoms with van der Waals surface area (Å²) in [6.07, 6.45) is 0. The van der Waals surface area contributed by atoms with E-state index in [9.17, 15) is 9.59 Å². The van der Waals surface area contributed by atoms with Crippen LogP contribution in [0.2, 0.25) is 5.02 Å². The fourth-order valence-corrected chi connectivity index (χ4v) is 5.55. The van der Waals surface area contributed by atoms with Crippen molar-refractivity contribution in [3.8, 4) is 11.5 Å². The molecule has 1 saturated carbocycles. The summed E-state index contributed by atoms with van der Waals surface area (Å²) in [7, 11) is 3.11. The second-order valence-electron chi connectivity index (χ2n) is 9.10. The van der Waals surface area contributed by atoms with Gasteiger partial charge in [0.2, 0.25) is 5.91 Å². The molecule has 2 amide bonds. The first-order valence-corrected chi connectivity index (χ1v) is 12.7. The SMILES string of the molecule is COc1ccc(CNC(=O)c2cc(NC(=O)C3C(c4cc(C)cc(C)c4)C3(Cl)Cl)ccc2Cl)c(OC)c1. The number of rotatable bonds is 8. The van der Waals surface area contributed by atoms with Crippen LogP contribution in [0.1, 0.15) is 38.5 Å². The third kappa shape index (κ3) is 5.82. The van der Waals surface area contributed by atoms with Crippen molar-refractivity contribution in [3.05, 3.63) is 87.4 Å². The molecule has 9 heteroatoms. The zero-order chi connectivity index (χ0) is 26.9. The van der Waals surface area contributed by atoms with Crippen LogP contribution >= 0.6 is 34.8 Å². The molecule has 6 nitrogen and oxygen atoms in total. The minimum atomic E-state index is -1.21. The molecule has 0 radical (unpaired) electrons. The molecular formula is C28H27Cl3N2O4. The highest BCUT2D eigenvalue weighted by molar-refractivity contribution is 6.53. The van der Waals surface area contributed by atoms with E-state index in [0.717, 1.165) is 22.3 Å². The second kappa shape index (κ2) is 10.8. The molecule has 0 saturated heterocycles. The van der Waals surface area contributed by atoms with Crippen LogP contribution in [0.4, 0.5) is 5.69 Å². The average molecular weight is 562 g/mol. The summed E-state index contributed by atoms with van der Waals surface area (Å²) in [6.45, 7) is 4.19. The average Bonchev–Trinajstić information content (AvgIpc) is 3.44. The fraction of sp³-hybridized carbons (Fsp3) is 0.286. The summed E-state index contributed by atoms with van der Waals surface area (Å²) in [5.74, 6) is -0.461. The largest absolute Gasteiger partial charge is 0.497 e. The van der Waals surface area contributed by atoms with E-state index in [1.807, 2.05) is 32.0 Å². The molecule has 3 aromatic rings. The van der Waals surface area contributed by atoms with E-state index in [1.54, 1.807) is 38.5 Å². The zero-order valence-corrected chi connectivity index (χ0v) is 23.1. The molecule has 0 heterocycles. The standard InChI is InChI=1S/C28H27Cl3N2O4/c1-15-9-16(2)11-18(10-15)24-25(28(24,30)31)27(35)33-19-6-8-22(29)21(12-19)26(34)32-14-17-5-7-20(36-3)13-23(17)37-4/h5-13,24-25H,14H2,1-4H3,(H,32,34)(H,33,35). The van der Waals surface area contributed by atoms with Crippen molar-refractivity contribution in [1.82, 2.24) is 5.32 Å². The maximum Gasteiger partial charge on any atom is 0.253 e. The Morgan fingerprint density at radius 1 is 0.946 bits per heavy atom. The number of alkyl halides is 2. The molecule has 0 bridgehead atoms. The molecule has 0 aromatic heterocycles. The van der Waals surface area contributed by atoms with Gasteiger partial charge in [-0.25, -0.2) is 0 Å². The van der Waals surface area contributed by atoms with Crippen molar-refractivity contribution in [2.75, 3.05) is 19.5 Å². The maximum atomic E-state index is 13.1. The molecule has 37 heavy (non-hydrogen) atoms. The number of anilines is 1. The van der Waals surface area contributed by atoms with Crippen LogP contribution in [0, 0.1) is 19.8 Å². The number of carbonyl (C=O) groups excluding carboxylic acids is 2. The van der Waals surface area contributed by atoms with Gasteiger partial charge in [0.1, 0.15) is 15.8 Å². The van der Waals surface area contributed by atoms with E-state index in [2.05, 4.69) is 16.7 Å². The predicted octanol–water partition coefficient (Wildman–Crippen LogP) is 6.43. The highest BCUT2D eigenvalue weighted by atomic mass is 35.5. The van der Waals surface area contributed by atoms with Gasteiger partial charge in [-0.2, -0.15) is 0 Å². The molecular weight excluding hydrogens is 535 g/mol. The van der Waals surface area contributed by atoms with E-state index in [4.69, 9.17) is 44.3 Å². The molecule has 2 atom stereocenters. The number of hydrogen-bond acceptors (Lipinski definition) is 4. The number of amides is 2. The minimum absolute atomic E-state index is 0.208. The highest BCUT2D eigenvalue weighted by Gasteiger charge is 2.67. The van der Waals surface area contributed by atoms with Crippen LogP contribution < -0.4 is 20.1 Å². The lowest BCUT2D eigenvalue weighted by atomic mass is 10.0. The van der Waals surface area contributed by atoms with Gasteiger partial charge in [0.25, 0.3) is 5.91 Å². The van der Waals surface area contributed by atoms with Crippen LogP contribution in [-0.4, -0.2) is 30.4 Å². The number of hydrogen-bond donors (Lipinski definition) is 2. The van der Waals surface area contributed by atoms with Crippen LogP contribution in [0.25, 0.3) is 0 Å². The Bertz CT molecular complexity index is 1340. The molecule has 0 spiro atoms. The molecule has 1 aliphatic rings. The van der Waals surface area contributed by atoms with Crippen molar-refractivity contribution >= 4 is 52.3 Å². The lowest BCUT2D eigenvalue weighted by molar-refractivity contribution is -0.117. The van der Waals surface area contributed by atoms with Crippen molar-refractivity contribution in [2.45, 2.75) is 30.6 Å². The predicted molar refractivity (Wildman–Crippen MR) is 147 cm³/mol. The van der Waals surface area contributed by atoms with Crippen molar-refractivity contribution in [3.63, 3.8) is 0 Å². The van der Waals surface area contributed by atoms with Crippen molar-refractivity contribution in [1.29, 1.82) is 0 Å². The third-order valence-corrected chi connectivity index (χ3v) is 7.62. The summed E-state index contributed by atoms with van der Waals surface area (Å²) in [5.41, 5.74) is 4.47. The number of halogens is 3. The van der Waals surface area contributed by atoms with Gasteiger partial charge in [0.05, 0.1) is 30.7 Å². The quantitative estimate of drug-likeness (QED) is 0.311. The van der Waals surface area contributed by atoms with Gasteiger partial charge in [0, 0.05) is 29.8 Å². The number of ether oxygens (including phenoxy) is 2. The number of carbonyl (C=O) groups is 2. The molecule has 2 unspecified atom stereocenters. The maximum absolute atomic E-state index is 13.1. The van der Waals surface area contributed by atoms with E-state index >= 15 is 0 Å². The van der Waals surface area contributed by atoms with E-state index in [-0.39, 0.29) is 29.0 Å². The van der Waals surface area contributed by atoms with Crippen molar-refractivity contribution in [2.24, 2.45) is 5.92 Å². The van der Waals surface area contributed by atoms with Crippen molar-refractivity contribution < 1.29 is 19.1 Å². The summed E-state index contributed by atoms with van der Waals surface area (Å²) in [4.78, 5) is 26.0. The summed E-state index contributed by atoms with van der Waals surface area (Å²) < 4.78 is 9.38. The summed E-state index contributed by atoms with van der Waals surface area (Å²) in [6, 6.07) is 16.1. The number of methoxy groups -OCH3 is 2. The van der Waals surface area contributed by atoms with Crippen LogP contribution in [0.15, 0.2) is 54.6 Å². The topological polar surface area (TPSA) is 76.7 Å². The Morgan fingerprint density at radius 3 is 2.30 bits per heavy atom. The second-order valence-corrected chi connectivity index (χ2v) is 10.9. The first-order chi connectivity index (χ1) is 17.5. The van der Waals surface area contributed by atoms with Crippen LogP contribution in [0.5, 0.6) is 11.5 Å². The fourth-order valence-electron chi connectivity index (χ4n) is 4.52. The summed E-state index contributed by atoms with van der Waals surface area (Å²) in [5, 5.41) is 5.92. The minimum Gasteiger partial charge on any atom is -0.497 e. The van der Waals surface area contributed by atoms with Gasteiger partial charge in [0.15, 0.2) is 0 Å². The first-order valence-electron chi connectivity index (χ1n) is 11.6. The monoisotopic (exact) mass is 560 g/mol. The Hall–Kier alpha value is -2.93. The van der Waals surface area contributed by atoms with E-state index < -0.39 is 16.2 Å². The third-order valence-electron chi connectivity index (χ3n) is 6.35. The molecule has 3 aromatic carbocycles. The molecule has 4 rings (SSSR count). The first kappa shape index (κ1) is 27.1. The molecule has 194 valence electrons. The Labute approximate surface area is 231 Å². The normalized spacial score (nSPS) is 17.6. The van der Waals surface area contributed by atoms with Gasteiger partial charge in [-0.15, -0.1) is 23.2 Å². The Morgan fingerprint density at radius 2 is 1.65 bits per heavy atom. The Kier molecular flexibility index (Phi) is 7.93. The number of nitrogens with one attached hydrogen (secondary N) is 2. The lowest BCUT2D eigenvalue weighted by Gasteiger charge is -2.13. The molecule has 2 N–H and O–H groups in total. The van der Waals surface area contributed by atoms with E-state index in [0.29, 0.717) is 17.2 Å². The summed E-state index contributed by atoms with van der Waals surface area (Å²) >= 11 is 19.4. The van der Waals surface area contributed by atoms with Gasteiger partial charge >= 0.3 is 0 Å². The lowest BCUT2D eigenvalue weighted by Crippen LogP contribution is -2.24. The highest BCUT2D eigenvalue weighted by Crippen LogP contribution is 2.65.